The maximum atomic E-state index is 13.9. The van der Waals surface area contributed by atoms with E-state index in [4.69, 9.17) is 4.74 Å². The van der Waals surface area contributed by atoms with Crippen LogP contribution in [-0.4, -0.2) is 36.2 Å². The normalized spacial score (nSPS) is 18.1. The molecule has 4 aromatic carbocycles. The summed E-state index contributed by atoms with van der Waals surface area (Å²) in [5.41, 5.74) is 3.34. The quantitative estimate of drug-likeness (QED) is 0.153. The largest absolute Gasteiger partial charge is 0.462 e. The number of amides is 4. The summed E-state index contributed by atoms with van der Waals surface area (Å²) in [7, 11) is 0. The van der Waals surface area contributed by atoms with Gasteiger partial charge in [-0.05, 0) is 97.3 Å². The first-order chi connectivity index (χ1) is 22.9. The van der Waals surface area contributed by atoms with Crippen LogP contribution in [-0.2, 0) is 4.74 Å². The standard InChI is InChI=1S/C39H34N2O6/c42-35-29-17-19-31-34-32(20-18-30(33(29)34)36(43)40(35)27-13-9-25(10-14-27)24-7-3-4-8-24)38(45)41(37(31)44)28-15-11-26(12-16-28)39(46)47-22-21-23-5-1-2-6-23/h9-20,23-24H,1-8,21-22H2. The van der Waals surface area contributed by atoms with Gasteiger partial charge in [0.15, 0.2) is 0 Å². The van der Waals surface area contributed by atoms with Crippen molar-refractivity contribution in [3.8, 4) is 0 Å². The molecule has 2 fully saturated rings. The van der Waals surface area contributed by atoms with Gasteiger partial charge in [0.2, 0.25) is 0 Å². The summed E-state index contributed by atoms with van der Waals surface area (Å²) in [4.78, 5) is 70.3. The number of ether oxygens (including phenoxy) is 1. The predicted octanol–water partition coefficient (Wildman–Crippen LogP) is 7.84. The molecule has 8 rings (SSSR count). The number of hydrogen-bond acceptors (Lipinski definition) is 6. The molecular formula is C39H34N2O6. The minimum Gasteiger partial charge on any atom is -0.462 e. The van der Waals surface area contributed by atoms with Gasteiger partial charge >= 0.3 is 5.97 Å². The number of hydrogen-bond donors (Lipinski definition) is 0. The fourth-order valence-corrected chi connectivity index (χ4v) is 7.95. The van der Waals surface area contributed by atoms with Gasteiger partial charge in [-0.1, -0.05) is 50.7 Å². The van der Waals surface area contributed by atoms with E-state index in [1.807, 2.05) is 24.3 Å². The Morgan fingerprint density at radius 1 is 0.574 bits per heavy atom. The van der Waals surface area contributed by atoms with Gasteiger partial charge in [0.1, 0.15) is 0 Å². The van der Waals surface area contributed by atoms with Crippen LogP contribution in [0.2, 0.25) is 0 Å². The third kappa shape index (κ3) is 4.85. The zero-order valence-electron chi connectivity index (χ0n) is 26.0. The van der Waals surface area contributed by atoms with E-state index in [1.54, 1.807) is 48.5 Å². The van der Waals surface area contributed by atoms with E-state index in [2.05, 4.69) is 0 Å². The molecule has 2 saturated carbocycles. The van der Waals surface area contributed by atoms with Gasteiger partial charge in [0.05, 0.1) is 23.5 Å². The van der Waals surface area contributed by atoms with Crippen molar-refractivity contribution < 1.29 is 28.7 Å². The van der Waals surface area contributed by atoms with Crippen LogP contribution in [0.15, 0.2) is 72.8 Å². The molecule has 236 valence electrons. The molecule has 8 nitrogen and oxygen atoms in total. The number of carbonyl (C=O) groups is 5. The molecular weight excluding hydrogens is 592 g/mol. The summed E-state index contributed by atoms with van der Waals surface area (Å²) < 4.78 is 5.48. The lowest BCUT2D eigenvalue weighted by atomic mass is 9.85. The number of benzene rings is 4. The van der Waals surface area contributed by atoms with Gasteiger partial charge in [-0.25, -0.2) is 14.6 Å². The summed E-state index contributed by atoms with van der Waals surface area (Å²) >= 11 is 0. The number of nitrogens with zero attached hydrogens (tertiary/aromatic N) is 2. The molecule has 0 N–H and O–H groups in total. The van der Waals surface area contributed by atoms with Crippen molar-refractivity contribution in [2.75, 3.05) is 16.4 Å². The molecule has 2 heterocycles. The minimum absolute atomic E-state index is 0.227. The number of rotatable bonds is 7. The summed E-state index contributed by atoms with van der Waals surface area (Å²) in [6.45, 7) is 0.370. The molecule has 2 aliphatic carbocycles. The van der Waals surface area contributed by atoms with Crippen LogP contribution in [0, 0.1) is 5.92 Å². The molecule has 0 spiro atoms. The molecule has 4 aliphatic rings. The van der Waals surface area contributed by atoms with Crippen LogP contribution >= 0.6 is 0 Å². The lowest BCUT2D eigenvalue weighted by molar-refractivity contribution is 0.0483. The van der Waals surface area contributed by atoms with Crippen LogP contribution in [0.5, 0.6) is 0 Å². The van der Waals surface area contributed by atoms with Gasteiger partial charge in [0.25, 0.3) is 23.6 Å². The number of anilines is 2. The summed E-state index contributed by atoms with van der Waals surface area (Å²) in [6, 6.07) is 20.1. The first-order valence-corrected chi connectivity index (χ1v) is 16.6. The predicted molar refractivity (Wildman–Crippen MR) is 177 cm³/mol. The van der Waals surface area contributed by atoms with Crippen molar-refractivity contribution in [2.24, 2.45) is 5.92 Å². The Bertz CT molecular complexity index is 1900. The molecule has 4 amide bonds. The minimum atomic E-state index is -0.567. The zero-order valence-corrected chi connectivity index (χ0v) is 26.0. The van der Waals surface area contributed by atoms with Gasteiger partial charge in [0, 0.05) is 33.0 Å². The Balaban J connectivity index is 1.06. The Labute approximate surface area is 272 Å². The number of imide groups is 2. The van der Waals surface area contributed by atoms with Gasteiger partial charge in [-0.3, -0.25) is 19.2 Å². The molecule has 0 bridgehead atoms. The summed E-state index contributed by atoms with van der Waals surface area (Å²) in [6.07, 6.45) is 10.4. The fraction of sp³-hybridized carbons (Fsp3) is 0.308. The van der Waals surface area contributed by atoms with E-state index in [1.165, 1.54) is 49.0 Å². The molecule has 4 aromatic rings. The van der Waals surface area contributed by atoms with Gasteiger partial charge in [-0.2, -0.15) is 0 Å². The average molecular weight is 627 g/mol. The number of carbonyl (C=O) groups excluding carboxylic acids is 5. The van der Waals surface area contributed by atoms with E-state index in [-0.39, 0.29) is 22.3 Å². The van der Waals surface area contributed by atoms with Gasteiger partial charge in [-0.15, -0.1) is 0 Å². The molecule has 0 saturated heterocycles. The lowest BCUT2D eigenvalue weighted by Gasteiger charge is -2.32. The van der Waals surface area contributed by atoms with Crippen molar-refractivity contribution in [3.63, 3.8) is 0 Å². The third-order valence-electron chi connectivity index (χ3n) is 10.5. The highest BCUT2D eigenvalue weighted by molar-refractivity contribution is 6.42. The molecule has 2 aliphatic heterocycles. The second-order valence-electron chi connectivity index (χ2n) is 13.2. The monoisotopic (exact) mass is 626 g/mol. The summed E-state index contributed by atoms with van der Waals surface area (Å²) in [5, 5.41) is 0.637. The Morgan fingerprint density at radius 3 is 1.47 bits per heavy atom. The van der Waals surface area contributed by atoms with Crippen LogP contribution < -0.4 is 9.80 Å². The molecule has 0 atom stereocenters. The van der Waals surface area contributed by atoms with Crippen LogP contribution in [0.1, 0.15) is 121 Å². The van der Waals surface area contributed by atoms with E-state index in [9.17, 15) is 24.0 Å². The zero-order chi connectivity index (χ0) is 32.2. The average Bonchev–Trinajstić information content (AvgIpc) is 3.83. The van der Waals surface area contributed by atoms with Crippen molar-refractivity contribution >= 4 is 51.7 Å². The second kappa shape index (κ2) is 11.6. The first-order valence-electron chi connectivity index (χ1n) is 16.6. The Kier molecular flexibility index (Phi) is 7.23. The van der Waals surface area contributed by atoms with Crippen LogP contribution in [0.3, 0.4) is 0 Å². The maximum absolute atomic E-state index is 13.9. The maximum Gasteiger partial charge on any atom is 0.338 e. The molecule has 0 aromatic heterocycles. The van der Waals surface area contributed by atoms with E-state index >= 15 is 0 Å². The van der Waals surface area contributed by atoms with Crippen LogP contribution in [0.25, 0.3) is 10.8 Å². The highest BCUT2D eigenvalue weighted by atomic mass is 16.5. The highest BCUT2D eigenvalue weighted by Gasteiger charge is 2.40. The van der Waals surface area contributed by atoms with Crippen molar-refractivity contribution in [1.82, 2.24) is 0 Å². The topological polar surface area (TPSA) is 101 Å². The van der Waals surface area contributed by atoms with Gasteiger partial charge < -0.3 is 4.74 Å². The smallest absolute Gasteiger partial charge is 0.338 e. The lowest BCUT2D eigenvalue weighted by Crippen LogP contribution is -2.43. The first kappa shape index (κ1) is 29.3. The molecule has 8 heteroatoms. The SMILES string of the molecule is O=C(OCCC1CCCC1)c1ccc(N2C(=O)c3ccc4c5c(ccc(c35)C2=O)C(=O)N(c2ccc(C3CCCC3)cc2)C4=O)cc1. The van der Waals surface area contributed by atoms with Crippen molar-refractivity contribution in [3.05, 3.63) is 106 Å². The molecule has 0 unspecified atom stereocenters. The van der Waals surface area contributed by atoms with E-state index in [0.717, 1.165) is 24.2 Å². The highest BCUT2D eigenvalue weighted by Crippen LogP contribution is 2.41. The fourth-order valence-electron chi connectivity index (χ4n) is 7.95. The molecule has 0 radical (unpaired) electrons. The molecule has 47 heavy (non-hydrogen) atoms. The van der Waals surface area contributed by atoms with E-state index in [0.29, 0.717) is 46.2 Å². The van der Waals surface area contributed by atoms with E-state index < -0.39 is 29.6 Å². The van der Waals surface area contributed by atoms with Crippen molar-refractivity contribution in [1.29, 1.82) is 0 Å². The summed E-state index contributed by atoms with van der Waals surface area (Å²) in [5.74, 6) is -1.44. The van der Waals surface area contributed by atoms with Crippen LogP contribution in [0.4, 0.5) is 11.4 Å². The Hall–Kier alpha value is -5.11. The second-order valence-corrected chi connectivity index (χ2v) is 13.2. The number of esters is 1. The van der Waals surface area contributed by atoms with Crippen molar-refractivity contribution in [2.45, 2.75) is 63.7 Å². The Morgan fingerprint density at radius 2 is 1.00 bits per heavy atom. The third-order valence-corrected chi connectivity index (χ3v) is 10.5.